The number of phenolic OH excluding ortho intramolecular Hbond substituents is 3. The van der Waals surface area contributed by atoms with Gasteiger partial charge in [-0.1, -0.05) is 86.6 Å². The van der Waals surface area contributed by atoms with Gasteiger partial charge < -0.3 is 99.5 Å². The molecule has 0 radical (unpaired) electrons. The number of carbonyl (C=O) groups excluding carboxylic acids is 2. The Morgan fingerprint density at radius 2 is 1.29 bits per heavy atom. The minimum absolute atomic E-state index is 0.0584. The number of ether oxygens (including phenoxy) is 7. The fraction of sp³-hybridized carbons (Fsp3) is 0.481. The van der Waals surface area contributed by atoms with E-state index in [1.165, 1.54) is 36.4 Å². The largest absolute Gasteiger partial charge is 0.508 e. The van der Waals surface area contributed by atoms with Crippen LogP contribution in [-0.2, 0) is 44.6 Å². The van der Waals surface area contributed by atoms with E-state index >= 15 is 0 Å². The molecular formula is C54H68O22. The minimum Gasteiger partial charge on any atom is -0.508 e. The van der Waals surface area contributed by atoms with E-state index in [-0.39, 0.29) is 28.9 Å². The maximum absolute atomic E-state index is 13.6. The van der Waals surface area contributed by atoms with E-state index in [9.17, 15) is 76.0 Å². The molecule has 22 heteroatoms. The number of aromatic hydroxyl groups is 3. The first kappa shape index (κ1) is 59.6. The highest BCUT2D eigenvalue weighted by molar-refractivity contribution is 5.90. The summed E-state index contributed by atoms with van der Waals surface area (Å²) in [5.41, 5.74) is 1.07. The molecule has 416 valence electrons. The van der Waals surface area contributed by atoms with Gasteiger partial charge in [-0.3, -0.25) is 0 Å². The van der Waals surface area contributed by atoms with Crippen molar-refractivity contribution < 1.29 is 109 Å². The van der Waals surface area contributed by atoms with Crippen molar-refractivity contribution in [3.8, 4) is 28.4 Å². The number of allylic oxidation sites excluding steroid dienone is 5. The van der Waals surface area contributed by atoms with Crippen LogP contribution in [0.15, 0.2) is 109 Å². The summed E-state index contributed by atoms with van der Waals surface area (Å²) >= 11 is 0. The molecule has 6 rings (SSSR count). The minimum atomic E-state index is -2.13. The highest BCUT2D eigenvalue weighted by atomic mass is 16.8. The van der Waals surface area contributed by atoms with Gasteiger partial charge >= 0.3 is 11.9 Å². The van der Waals surface area contributed by atoms with Crippen LogP contribution in [0.5, 0.6) is 17.2 Å². The number of aliphatic hydroxyl groups is 10. The third-order valence-electron chi connectivity index (χ3n) is 13.0. The summed E-state index contributed by atoms with van der Waals surface area (Å²) in [6.45, 7) is -1.35. The third kappa shape index (κ3) is 15.3. The Kier molecular flexibility index (Phi) is 22.5. The van der Waals surface area contributed by atoms with Crippen molar-refractivity contribution in [2.75, 3.05) is 19.8 Å². The summed E-state index contributed by atoms with van der Waals surface area (Å²) in [5, 5.41) is 139. The van der Waals surface area contributed by atoms with Crippen LogP contribution in [0, 0.1) is 0 Å². The second-order valence-corrected chi connectivity index (χ2v) is 18.4. The molecule has 3 aromatic carbocycles. The standard InChI is InChI=1S/C54H68O22/c1-2-3-4-5-6-7-9-12-33(58)13-10-8-11-14-40(62)74-50-47(68)49(41-32(25-55)23-35(60)24-36(41)61)71-38(27-57)48(50)75-54-51(76-53-46(67)44(65)42(63)37(26-56)72-53)45(66)43(64)39(73-54)28-70-52(69)31-17-15-29(16-18-31)30-19-21-34(59)22-20-30/h6-12,14-24,33,37-39,42-51,53-61,63-68H,2-5,13,25-28H2,1H3/b7-6+,10-8+,12-9+,14-11+/t33-,37-,38-,39-,42+,43+,44+,45+,46-,47+,48-,49+,50-,51-,53+,54+/m1/s1. The SMILES string of the molecule is CCCCC/C=C/C=C/[C@@H](O)C/C=C/C=C/C(=O)O[C@@H]1[C@@H](O)[C@H](c2c(O)cc(O)cc2CO)O[C@H](CO)[C@H]1O[C@@H]1O[C@H](COC(=O)c2ccc(-c3ccc(O)cc3)cc2)[C@H](O)[C@H](O)[C@H]1O[C@@H]1O[C@H](CO)[C@H](O)[C@H](O)[C@H]1O. The number of hydrogen-bond donors (Lipinski definition) is 13. The summed E-state index contributed by atoms with van der Waals surface area (Å²) in [4.78, 5) is 27.0. The molecule has 3 saturated heterocycles. The average molecular weight is 1070 g/mol. The van der Waals surface area contributed by atoms with Gasteiger partial charge in [-0.2, -0.15) is 0 Å². The van der Waals surface area contributed by atoms with Gasteiger partial charge in [0.15, 0.2) is 18.7 Å². The molecule has 76 heavy (non-hydrogen) atoms. The van der Waals surface area contributed by atoms with Gasteiger partial charge in [-0.05, 0) is 66.3 Å². The Bertz CT molecular complexity index is 2420. The zero-order chi connectivity index (χ0) is 55.1. The first-order valence-corrected chi connectivity index (χ1v) is 24.8. The molecule has 0 unspecified atom stereocenters. The lowest BCUT2D eigenvalue weighted by molar-refractivity contribution is -0.382. The van der Waals surface area contributed by atoms with Crippen molar-refractivity contribution in [3.05, 3.63) is 126 Å². The van der Waals surface area contributed by atoms with Crippen LogP contribution >= 0.6 is 0 Å². The monoisotopic (exact) mass is 1070 g/mol. The van der Waals surface area contributed by atoms with Crippen LogP contribution in [0.1, 0.15) is 66.6 Å². The first-order chi connectivity index (χ1) is 36.5. The average Bonchev–Trinajstić information content (AvgIpc) is 3.42. The predicted molar refractivity (Wildman–Crippen MR) is 266 cm³/mol. The van der Waals surface area contributed by atoms with Gasteiger partial charge in [0.25, 0.3) is 0 Å². The quantitative estimate of drug-likeness (QED) is 0.0274. The van der Waals surface area contributed by atoms with E-state index in [0.29, 0.717) is 5.56 Å². The maximum Gasteiger partial charge on any atom is 0.338 e. The molecule has 0 aliphatic carbocycles. The molecule has 0 saturated carbocycles. The highest BCUT2D eigenvalue weighted by Gasteiger charge is 2.55. The second kappa shape index (κ2) is 28.7. The maximum atomic E-state index is 13.6. The number of hydrogen-bond acceptors (Lipinski definition) is 22. The normalized spacial score (nSPS) is 30.6. The van der Waals surface area contributed by atoms with E-state index in [1.54, 1.807) is 42.5 Å². The Labute approximate surface area is 437 Å². The van der Waals surface area contributed by atoms with Crippen molar-refractivity contribution in [1.82, 2.24) is 0 Å². The van der Waals surface area contributed by atoms with Gasteiger partial charge in [0.05, 0.1) is 31.5 Å². The molecule has 3 aromatic rings. The highest BCUT2D eigenvalue weighted by Crippen LogP contribution is 2.43. The molecule has 3 aliphatic rings. The van der Waals surface area contributed by atoms with E-state index in [1.807, 2.05) is 12.2 Å². The molecule has 0 spiro atoms. The van der Waals surface area contributed by atoms with E-state index in [4.69, 9.17) is 33.2 Å². The second-order valence-electron chi connectivity index (χ2n) is 18.4. The van der Waals surface area contributed by atoms with E-state index in [0.717, 1.165) is 49.5 Å². The van der Waals surface area contributed by atoms with Crippen LogP contribution in [0.25, 0.3) is 11.1 Å². The number of rotatable bonds is 23. The van der Waals surface area contributed by atoms with Gasteiger partial charge in [0.1, 0.15) is 97.1 Å². The molecule has 0 amide bonds. The fourth-order valence-electron chi connectivity index (χ4n) is 8.79. The van der Waals surface area contributed by atoms with Crippen LogP contribution in [0.4, 0.5) is 0 Å². The van der Waals surface area contributed by atoms with Crippen LogP contribution in [0.2, 0.25) is 0 Å². The fourth-order valence-corrected chi connectivity index (χ4v) is 8.79. The Balaban J connectivity index is 1.28. The lowest BCUT2D eigenvalue weighted by Crippen LogP contribution is -2.66. The van der Waals surface area contributed by atoms with Crippen LogP contribution < -0.4 is 0 Å². The van der Waals surface area contributed by atoms with Crippen LogP contribution in [-0.4, -0.2) is 190 Å². The number of esters is 2. The zero-order valence-electron chi connectivity index (χ0n) is 41.5. The summed E-state index contributed by atoms with van der Waals surface area (Å²) in [7, 11) is 0. The van der Waals surface area contributed by atoms with Crippen molar-refractivity contribution in [2.45, 2.75) is 144 Å². The topological polar surface area (TPSA) is 362 Å². The molecule has 0 aromatic heterocycles. The number of unbranched alkanes of at least 4 members (excludes halogenated alkanes) is 3. The first-order valence-electron chi connectivity index (χ1n) is 24.8. The molecule has 0 bridgehead atoms. The predicted octanol–water partition coefficient (Wildman–Crippen LogP) is 1.10. The van der Waals surface area contributed by atoms with Gasteiger partial charge in [0.2, 0.25) is 0 Å². The lowest BCUT2D eigenvalue weighted by Gasteiger charge is -2.49. The molecule has 13 N–H and O–H groups in total. The summed E-state index contributed by atoms with van der Waals surface area (Å²) < 4.78 is 41.2. The summed E-state index contributed by atoms with van der Waals surface area (Å²) in [6, 6.07) is 14.4. The van der Waals surface area contributed by atoms with Crippen molar-refractivity contribution in [3.63, 3.8) is 0 Å². The van der Waals surface area contributed by atoms with Gasteiger partial charge in [-0.25, -0.2) is 9.59 Å². The Morgan fingerprint density at radius 1 is 0.645 bits per heavy atom. The number of carbonyl (C=O) groups is 2. The van der Waals surface area contributed by atoms with Crippen molar-refractivity contribution in [2.24, 2.45) is 0 Å². The van der Waals surface area contributed by atoms with E-state index in [2.05, 4.69) is 6.92 Å². The van der Waals surface area contributed by atoms with Crippen molar-refractivity contribution in [1.29, 1.82) is 0 Å². The van der Waals surface area contributed by atoms with E-state index < -0.39 is 148 Å². The molecule has 3 fully saturated rings. The molecule has 16 atom stereocenters. The van der Waals surface area contributed by atoms with Gasteiger partial charge in [0, 0.05) is 17.7 Å². The smallest absolute Gasteiger partial charge is 0.338 e. The third-order valence-corrected chi connectivity index (χ3v) is 13.0. The molecular weight excluding hydrogens is 1000 g/mol. The molecule has 3 aliphatic heterocycles. The summed E-state index contributed by atoms with van der Waals surface area (Å²) in [6.07, 6.45) is -12.7. The lowest BCUT2D eigenvalue weighted by atomic mass is 9.88. The zero-order valence-corrected chi connectivity index (χ0v) is 41.5. The molecule has 3 heterocycles. The number of aliphatic hydroxyl groups excluding tert-OH is 10. The van der Waals surface area contributed by atoms with Gasteiger partial charge in [-0.15, -0.1) is 0 Å². The number of phenols is 3. The Morgan fingerprint density at radius 3 is 1.96 bits per heavy atom. The molecule has 22 nitrogen and oxygen atoms in total. The Hall–Kier alpha value is -5.64. The van der Waals surface area contributed by atoms with Crippen molar-refractivity contribution >= 4 is 11.9 Å². The number of benzene rings is 3. The summed E-state index contributed by atoms with van der Waals surface area (Å²) in [5.74, 6) is -3.12. The van der Waals surface area contributed by atoms with Crippen LogP contribution in [0.3, 0.4) is 0 Å².